The summed E-state index contributed by atoms with van der Waals surface area (Å²) in [4.78, 5) is 16.9. The zero-order valence-corrected chi connectivity index (χ0v) is 20.3. The molecular formula is C22H35N9O4. The van der Waals surface area contributed by atoms with E-state index in [9.17, 15) is 9.90 Å². The van der Waals surface area contributed by atoms with Crippen LogP contribution < -0.4 is 10.6 Å². The standard InChI is InChI=1S/C22H35N9O4/c1-30(2)20(15-18-3-5-21(32)6-4-18)16-25-22(33)24-8-7-19-17-31(29-27-19)10-12-35-14-13-34-11-9-26-28-23/h3-6,17,20,32H,7-16H2,1-2H3,(H2,24,25,33)/t20-/m0/s1. The molecular weight excluding hydrogens is 454 g/mol. The Hall–Kier alpha value is -3.38. The Labute approximate surface area is 205 Å². The molecule has 1 aromatic heterocycles. The number of ether oxygens (including phenoxy) is 2. The lowest BCUT2D eigenvalue weighted by Gasteiger charge is -2.25. The van der Waals surface area contributed by atoms with Crippen LogP contribution in [0.5, 0.6) is 5.75 Å². The number of rotatable bonds is 17. The molecule has 0 radical (unpaired) electrons. The van der Waals surface area contributed by atoms with E-state index in [4.69, 9.17) is 15.0 Å². The summed E-state index contributed by atoms with van der Waals surface area (Å²) in [6.07, 6.45) is 3.15. The number of phenolic OH excluding ortho intramolecular Hbond substituents is 1. The first-order valence-corrected chi connectivity index (χ1v) is 11.5. The highest BCUT2D eigenvalue weighted by Gasteiger charge is 2.14. The number of nitrogens with one attached hydrogen (secondary N) is 2. The van der Waals surface area contributed by atoms with Crippen LogP contribution in [0, 0.1) is 0 Å². The van der Waals surface area contributed by atoms with Crippen LogP contribution in [0.1, 0.15) is 11.3 Å². The van der Waals surface area contributed by atoms with Gasteiger partial charge in [0.15, 0.2) is 0 Å². The maximum absolute atomic E-state index is 12.2. The molecule has 2 rings (SSSR count). The smallest absolute Gasteiger partial charge is 0.314 e. The van der Waals surface area contributed by atoms with Gasteiger partial charge in [0.25, 0.3) is 0 Å². The normalized spacial score (nSPS) is 11.7. The van der Waals surface area contributed by atoms with Gasteiger partial charge in [-0.3, -0.25) is 0 Å². The zero-order valence-electron chi connectivity index (χ0n) is 20.3. The topological polar surface area (TPSA) is 163 Å². The van der Waals surface area contributed by atoms with Crippen molar-refractivity contribution >= 4 is 6.03 Å². The number of nitrogens with zero attached hydrogens (tertiary/aromatic N) is 7. The number of azide groups is 1. The second kappa shape index (κ2) is 16.3. The van der Waals surface area contributed by atoms with E-state index in [2.05, 4.69) is 35.9 Å². The van der Waals surface area contributed by atoms with E-state index in [0.29, 0.717) is 59.0 Å². The third-order valence-corrected chi connectivity index (χ3v) is 5.12. The van der Waals surface area contributed by atoms with E-state index >= 15 is 0 Å². The van der Waals surface area contributed by atoms with Crippen molar-refractivity contribution in [3.8, 4) is 5.75 Å². The van der Waals surface area contributed by atoms with Crippen molar-refractivity contribution in [1.82, 2.24) is 30.5 Å². The van der Waals surface area contributed by atoms with E-state index in [1.807, 2.05) is 32.4 Å². The van der Waals surface area contributed by atoms with Gasteiger partial charge in [0.05, 0.1) is 38.7 Å². The number of hydrogen-bond donors (Lipinski definition) is 3. The van der Waals surface area contributed by atoms with Crippen LogP contribution in [0.15, 0.2) is 35.6 Å². The van der Waals surface area contributed by atoms with Gasteiger partial charge in [-0.2, -0.15) is 0 Å². The number of benzene rings is 1. The lowest BCUT2D eigenvalue weighted by Crippen LogP contribution is -2.45. The molecule has 1 atom stereocenters. The predicted molar refractivity (Wildman–Crippen MR) is 130 cm³/mol. The fourth-order valence-electron chi connectivity index (χ4n) is 3.11. The fraction of sp³-hybridized carbons (Fsp3) is 0.591. The highest BCUT2D eigenvalue weighted by atomic mass is 16.5. The molecule has 0 bridgehead atoms. The summed E-state index contributed by atoms with van der Waals surface area (Å²) in [5.41, 5.74) is 10.0. The second-order valence-electron chi connectivity index (χ2n) is 8.03. The van der Waals surface area contributed by atoms with Crippen LogP contribution >= 0.6 is 0 Å². The highest BCUT2D eigenvalue weighted by Crippen LogP contribution is 2.12. The quantitative estimate of drug-likeness (QED) is 0.131. The number of aromatic hydroxyl groups is 1. The maximum Gasteiger partial charge on any atom is 0.314 e. The summed E-state index contributed by atoms with van der Waals surface area (Å²) < 4.78 is 12.4. The van der Waals surface area contributed by atoms with Crippen molar-refractivity contribution < 1.29 is 19.4 Å². The molecule has 192 valence electrons. The van der Waals surface area contributed by atoms with Crippen LogP contribution in [0.4, 0.5) is 4.79 Å². The molecule has 2 amide bonds. The largest absolute Gasteiger partial charge is 0.508 e. The summed E-state index contributed by atoms with van der Waals surface area (Å²) in [7, 11) is 3.95. The van der Waals surface area contributed by atoms with E-state index < -0.39 is 0 Å². The third-order valence-electron chi connectivity index (χ3n) is 5.12. The minimum absolute atomic E-state index is 0.122. The Bertz CT molecular complexity index is 914. The molecule has 0 aliphatic heterocycles. The summed E-state index contributed by atoms with van der Waals surface area (Å²) >= 11 is 0. The van der Waals surface area contributed by atoms with Gasteiger partial charge < -0.3 is 30.1 Å². The maximum atomic E-state index is 12.2. The number of urea groups is 1. The Kier molecular flexibility index (Phi) is 13.0. The number of carbonyl (C=O) groups is 1. The second-order valence-corrected chi connectivity index (χ2v) is 8.03. The number of hydrogen-bond acceptors (Lipinski definition) is 8. The van der Waals surface area contributed by atoms with Gasteiger partial charge in [-0.15, -0.1) is 5.10 Å². The van der Waals surface area contributed by atoms with Crippen LogP contribution in [0.25, 0.3) is 10.4 Å². The van der Waals surface area contributed by atoms with Crippen molar-refractivity contribution in [2.75, 3.05) is 60.2 Å². The molecule has 35 heavy (non-hydrogen) atoms. The molecule has 13 nitrogen and oxygen atoms in total. The van der Waals surface area contributed by atoms with E-state index in [1.165, 1.54) is 0 Å². The molecule has 0 saturated carbocycles. The van der Waals surface area contributed by atoms with E-state index in [0.717, 1.165) is 17.7 Å². The molecule has 3 N–H and O–H groups in total. The lowest BCUT2D eigenvalue weighted by atomic mass is 10.1. The molecule has 0 saturated heterocycles. The Balaban J connectivity index is 1.57. The third kappa shape index (κ3) is 12.1. The van der Waals surface area contributed by atoms with Gasteiger partial charge in [-0.1, -0.05) is 22.5 Å². The summed E-state index contributed by atoms with van der Waals surface area (Å²) in [6.45, 7) is 3.54. The van der Waals surface area contributed by atoms with E-state index in [-0.39, 0.29) is 17.8 Å². The highest BCUT2D eigenvalue weighted by molar-refractivity contribution is 5.73. The van der Waals surface area contributed by atoms with Gasteiger partial charge in [-0.25, -0.2) is 9.48 Å². The van der Waals surface area contributed by atoms with Crippen LogP contribution in [0.2, 0.25) is 0 Å². The summed E-state index contributed by atoms with van der Waals surface area (Å²) in [6, 6.07) is 6.99. The minimum atomic E-state index is -0.231. The van der Waals surface area contributed by atoms with Crippen LogP contribution in [0.3, 0.4) is 0 Å². The van der Waals surface area contributed by atoms with Crippen molar-refractivity contribution in [2.24, 2.45) is 5.11 Å². The van der Waals surface area contributed by atoms with Gasteiger partial charge in [0.1, 0.15) is 5.75 Å². The molecule has 2 aromatic rings. The van der Waals surface area contributed by atoms with Crippen molar-refractivity contribution in [2.45, 2.75) is 25.4 Å². The number of aromatic nitrogens is 3. The van der Waals surface area contributed by atoms with Gasteiger partial charge in [-0.05, 0) is 43.7 Å². The average Bonchev–Trinajstić information content (AvgIpc) is 3.29. The monoisotopic (exact) mass is 489 g/mol. The van der Waals surface area contributed by atoms with Crippen LogP contribution in [-0.4, -0.2) is 97.2 Å². The molecule has 0 aliphatic rings. The van der Waals surface area contributed by atoms with Gasteiger partial charge in [0.2, 0.25) is 0 Å². The lowest BCUT2D eigenvalue weighted by molar-refractivity contribution is 0.0467. The summed E-state index contributed by atoms with van der Waals surface area (Å²) in [5.74, 6) is 0.239. The van der Waals surface area contributed by atoms with E-state index in [1.54, 1.807) is 16.8 Å². The Morgan fingerprint density at radius 2 is 1.94 bits per heavy atom. The number of amides is 2. The van der Waals surface area contributed by atoms with Crippen molar-refractivity contribution in [3.63, 3.8) is 0 Å². The first kappa shape index (κ1) is 27.9. The zero-order chi connectivity index (χ0) is 25.3. The van der Waals surface area contributed by atoms with Gasteiger partial charge >= 0.3 is 6.03 Å². The molecule has 13 heteroatoms. The van der Waals surface area contributed by atoms with Crippen molar-refractivity contribution in [1.29, 1.82) is 0 Å². The average molecular weight is 490 g/mol. The van der Waals surface area contributed by atoms with Crippen LogP contribution in [-0.2, 0) is 28.9 Å². The Morgan fingerprint density at radius 1 is 1.20 bits per heavy atom. The molecule has 0 fully saturated rings. The number of phenols is 1. The minimum Gasteiger partial charge on any atom is -0.508 e. The van der Waals surface area contributed by atoms with Gasteiger partial charge in [0, 0.05) is 43.2 Å². The summed E-state index contributed by atoms with van der Waals surface area (Å²) in [5, 5.41) is 26.8. The molecule has 0 spiro atoms. The fourth-order valence-corrected chi connectivity index (χ4v) is 3.11. The first-order valence-electron chi connectivity index (χ1n) is 11.5. The number of carbonyl (C=O) groups excluding carboxylic acids is 1. The predicted octanol–water partition coefficient (Wildman–Crippen LogP) is 1.34. The SMILES string of the molecule is CN(C)[C@H](CNC(=O)NCCc1cn(CCOCCOCCN=[N+]=[N-])nn1)Cc1ccc(O)cc1. The molecule has 0 unspecified atom stereocenters. The molecule has 1 heterocycles. The molecule has 1 aromatic carbocycles. The number of likely N-dealkylation sites (N-methyl/N-ethyl adjacent to an activating group) is 1. The van der Waals surface area contributed by atoms with Crippen molar-refractivity contribution in [3.05, 3.63) is 52.2 Å². The molecule has 0 aliphatic carbocycles. The first-order chi connectivity index (χ1) is 17.0. The Morgan fingerprint density at radius 3 is 2.66 bits per heavy atom.